The van der Waals surface area contributed by atoms with Crippen LogP contribution >= 0.6 is 0 Å². The predicted octanol–water partition coefficient (Wildman–Crippen LogP) is 3.36. The van der Waals surface area contributed by atoms with Gasteiger partial charge in [0.15, 0.2) is 5.82 Å². The zero-order chi connectivity index (χ0) is 13.1. The van der Waals surface area contributed by atoms with Gasteiger partial charge in [0.05, 0.1) is 5.69 Å². The summed E-state index contributed by atoms with van der Waals surface area (Å²) >= 11 is 0. The van der Waals surface area contributed by atoms with E-state index in [0.29, 0.717) is 17.5 Å². The van der Waals surface area contributed by atoms with Crippen molar-refractivity contribution in [2.45, 2.75) is 47.0 Å². The maximum Gasteiger partial charge on any atom is 0.296 e. The lowest BCUT2D eigenvalue weighted by Crippen LogP contribution is -2.10. The zero-order valence-electron chi connectivity index (χ0n) is 11.2. The van der Waals surface area contributed by atoms with Crippen LogP contribution in [0.25, 0.3) is 11.7 Å². The maximum absolute atomic E-state index is 5.14. The number of nitrogens with zero attached hydrogens (tertiary/aromatic N) is 3. The molecule has 0 aliphatic heterocycles. The highest BCUT2D eigenvalue weighted by molar-refractivity contribution is 5.44. The molecule has 0 bridgehead atoms. The normalized spacial score (nSPS) is 10.9. The molecule has 0 amide bonds. The van der Waals surface area contributed by atoms with Crippen molar-refractivity contribution >= 4 is 0 Å². The van der Waals surface area contributed by atoms with E-state index in [1.807, 2.05) is 19.9 Å². The number of aryl methyl sites for hydroxylation is 1. The first-order valence-electron chi connectivity index (χ1n) is 5.75. The minimum atomic E-state index is -0.0448. The minimum Gasteiger partial charge on any atom is -0.351 e. The Morgan fingerprint density at radius 1 is 1.06 bits per heavy atom. The molecule has 0 aromatic carbocycles. The summed E-state index contributed by atoms with van der Waals surface area (Å²) in [5.74, 6) is 1.47. The van der Waals surface area contributed by atoms with Crippen molar-refractivity contribution in [1.29, 1.82) is 0 Å². The van der Waals surface area contributed by atoms with E-state index in [-0.39, 0.29) is 5.41 Å². The summed E-state index contributed by atoms with van der Waals surface area (Å²) in [6, 6.07) is 1.83. The van der Waals surface area contributed by atoms with Gasteiger partial charge in [-0.3, -0.25) is 0 Å². The molecular formula is C12H19N3O2. The Morgan fingerprint density at radius 2 is 1.71 bits per heavy atom. The van der Waals surface area contributed by atoms with E-state index in [0.717, 1.165) is 5.69 Å². The monoisotopic (exact) mass is 237 g/mol. The smallest absolute Gasteiger partial charge is 0.296 e. The molecule has 0 spiro atoms. The standard InChI is InChI=1S/C10H13N3O2.C2H6/c1-6-11-9(15-12-6)7-5-8(13-14-7)10(2,3)4;1-2/h5H,1-4H3;1-2H3. The van der Waals surface area contributed by atoms with E-state index in [4.69, 9.17) is 9.05 Å². The molecule has 2 rings (SSSR count). The third-order valence-corrected chi connectivity index (χ3v) is 2.02. The van der Waals surface area contributed by atoms with Crippen molar-refractivity contribution in [1.82, 2.24) is 15.3 Å². The fraction of sp³-hybridized carbons (Fsp3) is 0.583. The average molecular weight is 237 g/mol. The molecule has 0 radical (unpaired) electrons. The summed E-state index contributed by atoms with van der Waals surface area (Å²) in [6.07, 6.45) is 0. The number of hydrogen-bond acceptors (Lipinski definition) is 5. The summed E-state index contributed by atoms with van der Waals surface area (Å²) in [7, 11) is 0. The zero-order valence-corrected chi connectivity index (χ0v) is 11.2. The largest absolute Gasteiger partial charge is 0.351 e. The van der Waals surface area contributed by atoms with Crippen molar-refractivity contribution in [3.8, 4) is 11.7 Å². The third kappa shape index (κ3) is 3.15. The quantitative estimate of drug-likeness (QED) is 0.760. The average Bonchev–Trinajstić information content (AvgIpc) is 2.87. The van der Waals surface area contributed by atoms with Crippen molar-refractivity contribution in [2.24, 2.45) is 0 Å². The van der Waals surface area contributed by atoms with Crippen molar-refractivity contribution < 1.29 is 9.05 Å². The van der Waals surface area contributed by atoms with Gasteiger partial charge >= 0.3 is 0 Å². The summed E-state index contributed by atoms with van der Waals surface area (Å²) in [4.78, 5) is 4.06. The molecule has 94 valence electrons. The lowest BCUT2D eigenvalue weighted by molar-refractivity contribution is 0.372. The predicted molar refractivity (Wildman–Crippen MR) is 64.6 cm³/mol. The van der Waals surface area contributed by atoms with Gasteiger partial charge in [-0.25, -0.2) is 0 Å². The Labute approximate surface area is 101 Å². The summed E-state index contributed by atoms with van der Waals surface area (Å²) < 4.78 is 10.1. The fourth-order valence-electron chi connectivity index (χ4n) is 1.13. The van der Waals surface area contributed by atoms with Crippen LogP contribution < -0.4 is 0 Å². The number of aromatic nitrogens is 3. The van der Waals surface area contributed by atoms with Gasteiger partial charge in [0.1, 0.15) is 0 Å². The molecule has 0 aliphatic rings. The highest BCUT2D eigenvalue weighted by Gasteiger charge is 2.21. The second kappa shape index (κ2) is 5.12. The molecule has 2 heterocycles. The van der Waals surface area contributed by atoms with Crippen molar-refractivity contribution in [3.63, 3.8) is 0 Å². The van der Waals surface area contributed by atoms with Gasteiger partial charge in [0.25, 0.3) is 5.89 Å². The number of rotatable bonds is 1. The molecule has 2 aromatic rings. The molecule has 0 unspecified atom stereocenters. The van der Waals surface area contributed by atoms with Crippen LogP contribution in [0.2, 0.25) is 0 Å². The van der Waals surface area contributed by atoms with E-state index < -0.39 is 0 Å². The first-order valence-corrected chi connectivity index (χ1v) is 5.75. The van der Waals surface area contributed by atoms with Gasteiger partial charge < -0.3 is 9.05 Å². The SMILES string of the molecule is CC.Cc1noc(-c2cc(C(C)(C)C)no2)n1. The Hall–Kier alpha value is -1.65. The van der Waals surface area contributed by atoms with E-state index in [9.17, 15) is 0 Å². The molecule has 0 fully saturated rings. The summed E-state index contributed by atoms with van der Waals surface area (Å²) in [5.41, 5.74) is 0.824. The van der Waals surface area contributed by atoms with Gasteiger partial charge in [0, 0.05) is 11.5 Å². The molecule has 0 atom stereocenters. The molecule has 0 N–H and O–H groups in total. The first kappa shape index (κ1) is 13.4. The lowest BCUT2D eigenvalue weighted by atomic mass is 9.92. The molecule has 17 heavy (non-hydrogen) atoms. The van der Waals surface area contributed by atoms with Crippen LogP contribution in [0.4, 0.5) is 0 Å². The van der Waals surface area contributed by atoms with Gasteiger partial charge in [0.2, 0.25) is 5.76 Å². The van der Waals surface area contributed by atoms with Gasteiger partial charge in [-0.1, -0.05) is 44.9 Å². The van der Waals surface area contributed by atoms with Crippen LogP contribution in [0.5, 0.6) is 0 Å². The Kier molecular flexibility index (Phi) is 4.04. The molecule has 5 heteroatoms. The molecule has 5 nitrogen and oxygen atoms in total. The first-order chi connectivity index (χ1) is 7.97. The fourth-order valence-corrected chi connectivity index (χ4v) is 1.13. The Balaban J connectivity index is 0.000000686. The van der Waals surface area contributed by atoms with E-state index in [2.05, 4.69) is 36.1 Å². The highest BCUT2D eigenvalue weighted by Crippen LogP contribution is 2.25. The molecule has 0 saturated heterocycles. The second-order valence-electron chi connectivity index (χ2n) is 4.47. The Morgan fingerprint density at radius 3 is 2.12 bits per heavy atom. The topological polar surface area (TPSA) is 65.0 Å². The van der Waals surface area contributed by atoms with Crippen LogP contribution in [0, 0.1) is 6.92 Å². The van der Waals surface area contributed by atoms with Crippen LogP contribution in [0.3, 0.4) is 0 Å². The summed E-state index contributed by atoms with van der Waals surface area (Å²) in [6.45, 7) is 11.9. The maximum atomic E-state index is 5.14. The van der Waals surface area contributed by atoms with Crippen LogP contribution in [0.15, 0.2) is 15.1 Å². The van der Waals surface area contributed by atoms with Crippen LogP contribution in [-0.4, -0.2) is 15.3 Å². The Bertz CT molecular complexity index is 466. The highest BCUT2D eigenvalue weighted by atomic mass is 16.5. The minimum absolute atomic E-state index is 0.0448. The second-order valence-corrected chi connectivity index (χ2v) is 4.47. The van der Waals surface area contributed by atoms with Gasteiger partial charge in [-0.05, 0) is 6.92 Å². The summed E-state index contributed by atoms with van der Waals surface area (Å²) in [5, 5.41) is 7.66. The van der Waals surface area contributed by atoms with Crippen molar-refractivity contribution in [2.75, 3.05) is 0 Å². The van der Waals surface area contributed by atoms with Crippen molar-refractivity contribution in [3.05, 3.63) is 17.6 Å². The van der Waals surface area contributed by atoms with Crippen LogP contribution in [0.1, 0.15) is 46.1 Å². The molecule has 0 saturated carbocycles. The van der Waals surface area contributed by atoms with Crippen LogP contribution in [-0.2, 0) is 5.41 Å². The van der Waals surface area contributed by atoms with Gasteiger partial charge in [-0.2, -0.15) is 4.98 Å². The molecule has 0 aliphatic carbocycles. The van der Waals surface area contributed by atoms with E-state index >= 15 is 0 Å². The third-order valence-electron chi connectivity index (χ3n) is 2.02. The van der Waals surface area contributed by atoms with Gasteiger partial charge in [-0.15, -0.1) is 0 Å². The number of hydrogen-bond donors (Lipinski definition) is 0. The van der Waals surface area contributed by atoms with E-state index in [1.165, 1.54) is 0 Å². The van der Waals surface area contributed by atoms with E-state index in [1.54, 1.807) is 6.92 Å². The molecular weight excluding hydrogens is 218 g/mol. The lowest BCUT2D eigenvalue weighted by Gasteiger charge is -2.12. The molecule has 2 aromatic heterocycles.